The Hall–Kier alpha value is -1.62. The van der Waals surface area contributed by atoms with Crippen molar-refractivity contribution < 1.29 is 9.90 Å². The summed E-state index contributed by atoms with van der Waals surface area (Å²) in [6.07, 6.45) is 3.60. The molecule has 2 aromatic rings. The van der Waals surface area contributed by atoms with Crippen molar-refractivity contribution in [3.63, 3.8) is 0 Å². The third kappa shape index (κ3) is 5.70. The Morgan fingerprint density at radius 2 is 1.88 bits per heavy atom. The zero-order chi connectivity index (χ0) is 18.4. The summed E-state index contributed by atoms with van der Waals surface area (Å²) in [5.74, 6) is 0.153. The van der Waals surface area contributed by atoms with Crippen LogP contribution in [0.5, 0.6) is 0 Å². The molecule has 0 fully saturated rings. The van der Waals surface area contributed by atoms with Gasteiger partial charge in [0.25, 0.3) is 0 Å². The zero-order valence-electron chi connectivity index (χ0n) is 15.0. The largest absolute Gasteiger partial charge is 0.394 e. The maximum absolute atomic E-state index is 12.5. The average molecular weight is 363 g/mol. The highest BCUT2D eigenvalue weighted by atomic mass is 35.5. The fraction of sp³-hybridized carbons (Fsp3) is 0.450. The molecule has 4 nitrogen and oxygen atoms in total. The number of ketones is 1. The van der Waals surface area contributed by atoms with Crippen molar-refractivity contribution in [2.45, 2.75) is 44.6 Å². The lowest BCUT2D eigenvalue weighted by Crippen LogP contribution is -2.40. The van der Waals surface area contributed by atoms with Crippen LogP contribution in [0.25, 0.3) is 0 Å². The summed E-state index contributed by atoms with van der Waals surface area (Å²) in [7, 11) is 1.91. The summed E-state index contributed by atoms with van der Waals surface area (Å²) in [6, 6.07) is 11.6. The van der Waals surface area contributed by atoms with Gasteiger partial charge < -0.3 is 15.4 Å². The van der Waals surface area contributed by atoms with E-state index >= 15 is 0 Å². The second-order valence-electron chi connectivity index (χ2n) is 6.98. The number of aliphatic hydroxyl groups is 1. The van der Waals surface area contributed by atoms with Crippen LogP contribution in [0.2, 0.25) is 5.02 Å². The van der Waals surface area contributed by atoms with Crippen LogP contribution in [-0.2, 0) is 19.9 Å². The number of carbonyl (C=O) groups excluding carboxylic acids is 1. The lowest BCUT2D eigenvalue weighted by molar-refractivity contribution is 0.0972. The summed E-state index contributed by atoms with van der Waals surface area (Å²) in [6.45, 7) is 1.78. The van der Waals surface area contributed by atoms with E-state index in [0.717, 1.165) is 35.7 Å². The van der Waals surface area contributed by atoms with Gasteiger partial charge in [-0.15, -0.1) is 0 Å². The van der Waals surface area contributed by atoms with Crippen molar-refractivity contribution in [1.29, 1.82) is 0 Å². The molecule has 1 aromatic carbocycles. The molecule has 0 aliphatic heterocycles. The van der Waals surface area contributed by atoms with Crippen molar-refractivity contribution in [3.8, 4) is 0 Å². The first kappa shape index (κ1) is 19.7. The minimum Gasteiger partial charge on any atom is -0.394 e. The van der Waals surface area contributed by atoms with E-state index in [1.807, 2.05) is 54.9 Å². The summed E-state index contributed by atoms with van der Waals surface area (Å²) in [4.78, 5) is 12.5. The van der Waals surface area contributed by atoms with Gasteiger partial charge in [0.15, 0.2) is 5.78 Å². The molecular formula is C20H27ClN2O2. The van der Waals surface area contributed by atoms with Gasteiger partial charge in [-0.25, -0.2) is 0 Å². The lowest BCUT2D eigenvalue weighted by Gasteiger charge is -2.21. The van der Waals surface area contributed by atoms with Crippen LogP contribution in [0.3, 0.4) is 0 Å². The maximum Gasteiger partial charge on any atom is 0.179 e. The number of aryl methyl sites for hydroxylation is 2. The minimum atomic E-state index is -0.590. The van der Waals surface area contributed by atoms with Crippen molar-refractivity contribution in [3.05, 3.63) is 58.4 Å². The first-order valence-electron chi connectivity index (χ1n) is 8.64. The second kappa shape index (κ2) is 8.65. The van der Waals surface area contributed by atoms with E-state index in [4.69, 9.17) is 17.3 Å². The fourth-order valence-electron chi connectivity index (χ4n) is 2.81. The van der Waals surface area contributed by atoms with Crippen LogP contribution in [0.15, 0.2) is 36.4 Å². The molecule has 0 amide bonds. The van der Waals surface area contributed by atoms with Crippen LogP contribution in [0.1, 0.15) is 47.9 Å². The number of Topliss-reactive ketones (excluding diaryl/α,β-unsaturated/α-hetero) is 1. The van der Waals surface area contributed by atoms with Crippen LogP contribution in [0.4, 0.5) is 0 Å². The third-order valence-corrected chi connectivity index (χ3v) is 4.86. The van der Waals surface area contributed by atoms with Gasteiger partial charge in [0.05, 0.1) is 12.3 Å². The predicted molar refractivity (Wildman–Crippen MR) is 102 cm³/mol. The fourth-order valence-corrected chi connectivity index (χ4v) is 2.94. The van der Waals surface area contributed by atoms with Crippen LogP contribution < -0.4 is 5.73 Å². The van der Waals surface area contributed by atoms with E-state index in [1.54, 1.807) is 0 Å². The Morgan fingerprint density at radius 1 is 1.20 bits per heavy atom. The first-order valence-corrected chi connectivity index (χ1v) is 9.02. The Labute approximate surface area is 154 Å². The molecule has 5 heteroatoms. The Morgan fingerprint density at radius 3 is 2.52 bits per heavy atom. The van der Waals surface area contributed by atoms with Crippen molar-refractivity contribution in [2.75, 3.05) is 6.61 Å². The molecule has 1 aromatic heterocycles. The van der Waals surface area contributed by atoms with Crippen LogP contribution in [0, 0.1) is 0 Å². The van der Waals surface area contributed by atoms with Gasteiger partial charge in [0.1, 0.15) is 0 Å². The molecule has 0 bridgehead atoms. The van der Waals surface area contributed by atoms with Gasteiger partial charge in [0.2, 0.25) is 0 Å². The number of carbonyl (C=O) groups is 1. The molecule has 3 N–H and O–H groups in total. The number of rotatable bonds is 9. The molecule has 25 heavy (non-hydrogen) atoms. The number of hydrogen-bond acceptors (Lipinski definition) is 3. The molecule has 0 saturated heterocycles. The van der Waals surface area contributed by atoms with E-state index in [9.17, 15) is 9.90 Å². The van der Waals surface area contributed by atoms with E-state index in [0.29, 0.717) is 12.8 Å². The van der Waals surface area contributed by atoms with Gasteiger partial charge in [-0.1, -0.05) is 23.7 Å². The summed E-state index contributed by atoms with van der Waals surface area (Å²) in [5.41, 5.74) is 8.37. The quantitative estimate of drug-likeness (QED) is 0.670. The molecule has 0 aliphatic rings. The van der Waals surface area contributed by atoms with Crippen molar-refractivity contribution >= 4 is 17.4 Å². The van der Waals surface area contributed by atoms with Gasteiger partial charge in [-0.05, 0) is 62.4 Å². The van der Waals surface area contributed by atoms with E-state index < -0.39 is 5.54 Å². The zero-order valence-corrected chi connectivity index (χ0v) is 15.7. The highest BCUT2D eigenvalue weighted by molar-refractivity contribution is 6.30. The molecular weight excluding hydrogens is 336 g/mol. The number of halogens is 1. The number of aliphatic hydroxyl groups excluding tert-OH is 1. The van der Waals surface area contributed by atoms with Crippen LogP contribution >= 0.6 is 11.6 Å². The van der Waals surface area contributed by atoms with Gasteiger partial charge in [-0.2, -0.15) is 0 Å². The molecule has 136 valence electrons. The Kier molecular flexibility index (Phi) is 6.82. The lowest BCUT2D eigenvalue weighted by atomic mass is 9.97. The molecule has 1 heterocycles. The highest BCUT2D eigenvalue weighted by Crippen LogP contribution is 2.17. The molecule has 1 atom stereocenters. The van der Waals surface area contributed by atoms with Gasteiger partial charge >= 0.3 is 0 Å². The monoisotopic (exact) mass is 362 g/mol. The minimum absolute atomic E-state index is 0.0477. The summed E-state index contributed by atoms with van der Waals surface area (Å²) in [5, 5.41) is 9.98. The first-order chi connectivity index (χ1) is 11.8. The number of hydrogen-bond donors (Lipinski definition) is 2. The summed E-state index contributed by atoms with van der Waals surface area (Å²) < 4.78 is 1.94. The predicted octanol–water partition coefficient (Wildman–Crippen LogP) is 3.53. The topological polar surface area (TPSA) is 68.2 Å². The smallest absolute Gasteiger partial charge is 0.179 e. The number of nitrogens with zero attached hydrogens (tertiary/aromatic N) is 1. The van der Waals surface area contributed by atoms with Crippen molar-refractivity contribution in [1.82, 2.24) is 4.57 Å². The second-order valence-corrected chi connectivity index (χ2v) is 7.42. The summed E-state index contributed by atoms with van der Waals surface area (Å²) >= 11 is 5.88. The molecule has 2 rings (SSSR count). The van der Waals surface area contributed by atoms with E-state index in [2.05, 4.69) is 0 Å². The van der Waals surface area contributed by atoms with E-state index in [1.165, 1.54) is 5.56 Å². The van der Waals surface area contributed by atoms with Crippen LogP contribution in [-0.4, -0.2) is 27.6 Å². The number of nitrogens with two attached hydrogens (primary N) is 1. The molecule has 0 spiro atoms. The average Bonchev–Trinajstić information content (AvgIpc) is 2.96. The third-order valence-electron chi connectivity index (χ3n) is 4.61. The van der Waals surface area contributed by atoms with Gasteiger partial charge in [0, 0.05) is 29.7 Å². The SMILES string of the molecule is Cn1c(CCC(C)(N)CO)ccc1C(=O)CCCc1ccc(Cl)cc1. The maximum atomic E-state index is 12.5. The molecule has 0 aliphatic carbocycles. The number of aromatic nitrogens is 1. The standard InChI is InChI=1S/C20H27ClN2O2/c1-20(22,14-24)13-12-17-10-11-18(23(17)2)19(25)5-3-4-15-6-8-16(21)9-7-15/h6-11,24H,3-5,12-14,22H2,1-2H3. The highest BCUT2D eigenvalue weighted by Gasteiger charge is 2.19. The normalized spacial score (nSPS) is 13.6. The van der Waals surface area contributed by atoms with Gasteiger partial charge in [-0.3, -0.25) is 4.79 Å². The molecule has 1 unspecified atom stereocenters. The Balaban J connectivity index is 1.88. The molecule has 0 radical (unpaired) electrons. The molecule has 0 saturated carbocycles. The van der Waals surface area contributed by atoms with E-state index in [-0.39, 0.29) is 12.4 Å². The van der Waals surface area contributed by atoms with Crippen molar-refractivity contribution in [2.24, 2.45) is 12.8 Å². The Bertz CT molecular complexity index is 705. The number of benzene rings is 1.